The van der Waals surface area contributed by atoms with E-state index in [4.69, 9.17) is 9.47 Å². The molecule has 30 heavy (non-hydrogen) atoms. The van der Waals surface area contributed by atoms with Crippen molar-refractivity contribution in [3.8, 4) is 0 Å². The number of carbonyl (C=O) groups excluding carboxylic acids is 1. The van der Waals surface area contributed by atoms with E-state index in [9.17, 15) is 9.90 Å². The van der Waals surface area contributed by atoms with Crippen LogP contribution in [0.2, 0.25) is 0 Å². The highest BCUT2D eigenvalue weighted by atomic mass is 16.5. The number of aliphatic hydroxyl groups is 1. The lowest BCUT2D eigenvalue weighted by molar-refractivity contribution is -0.136. The van der Waals surface area contributed by atoms with Crippen LogP contribution in [0.15, 0.2) is 54.1 Å². The number of hydrogen-bond acceptors (Lipinski definition) is 5. The van der Waals surface area contributed by atoms with Gasteiger partial charge in [0.15, 0.2) is 0 Å². The molecule has 1 fully saturated rings. The van der Waals surface area contributed by atoms with Gasteiger partial charge in [-0.15, -0.1) is 0 Å². The van der Waals surface area contributed by atoms with E-state index in [0.717, 1.165) is 19.4 Å². The van der Waals surface area contributed by atoms with Crippen LogP contribution in [0.3, 0.4) is 0 Å². The smallest absolute Gasteiger partial charge is 0.333 e. The summed E-state index contributed by atoms with van der Waals surface area (Å²) in [5, 5.41) is 11.3. The summed E-state index contributed by atoms with van der Waals surface area (Å²) in [7, 11) is 3.52. The van der Waals surface area contributed by atoms with Gasteiger partial charge in [-0.1, -0.05) is 61.9 Å². The minimum Gasteiger partial charge on any atom is -0.466 e. The van der Waals surface area contributed by atoms with Crippen LogP contribution in [0, 0.1) is 11.8 Å². The number of methoxy groups -OCH3 is 1. The normalized spacial score (nSPS) is 27.5. The summed E-state index contributed by atoms with van der Waals surface area (Å²) in [6, 6.07) is 10.7. The minimum atomic E-state index is -0.508. The molecule has 1 saturated heterocycles. The molecule has 1 N–H and O–H groups in total. The quantitative estimate of drug-likeness (QED) is 0.360. The predicted molar refractivity (Wildman–Crippen MR) is 118 cm³/mol. The van der Waals surface area contributed by atoms with Crippen molar-refractivity contribution in [2.45, 2.75) is 64.0 Å². The third kappa shape index (κ3) is 5.20. The van der Waals surface area contributed by atoms with Gasteiger partial charge in [0.2, 0.25) is 0 Å². The molecule has 2 bridgehead atoms. The van der Waals surface area contributed by atoms with Gasteiger partial charge >= 0.3 is 5.97 Å². The van der Waals surface area contributed by atoms with Crippen LogP contribution in [-0.2, 0) is 20.8 Å². The molecule has 5 nitrogen and oxygen atoms in total. The Morgan fingerprint density at radius 3 is 2.63 bits per heavy atom. The Kier molecular flexibility index (Phi) is 7.87. The van der Waals surface area contributed by atoms with E-state index in [1.165, 1.54) is 12.7 Å². The lowest BCUT2D eigenvalue weighted by Crippen LogP contribution is -2.40. The Morgan fingerprint density at radius 1 is 1.27 bits per heavy atom. The van der Waals surface area contributed by atoms with E-state index < -0.39 is 6.10 Å². The molecule has 0 radical (unpaired) electrons. The van der Waals surface area contributed by atoms with Crippen LogP contribution in [-0.4, -0.2) is 54.5 Å². The molecule has 2 aliphatic heterocycles. The molecule has 1 aromatic rings. The monoisotopic (exact) mass is 413 g/mol. The number of fused-ring (bicyclic) bond motifs is 2. The van der Waals surface area contributed by atoms with Gasteiger partial charge in [-0.25, -0.2) is 4.79 Å². The minimum absolute atomic E-state index is 0.0178. The molecule has 0 aliphatic carbocycles. The first-order chi connectivity index (χ1) is 14.4. The zero-order valence-electron chi connectivity index (χ0n) is 18.5. The molecule has 2 heterocycles. The van der Waals surface area contributed by atoms with Crippen LogP contribution < -0.4 is 0 Å². The Bertz CT molecular complexity index is 760. The molecule has 0 amide bonds. The second-order valence-corrected chi connectivity index (χ2v) is 8.59. The van der Waals surface area contributed by atoms with Crippen molar-refractivity contribution in [3.05, 3.63) is 59.7 Å². The highest BCUT2D eigenvalue weighted by molar-refractivity contribution is 5.87. The molecule has 1 aromatic carbocycles. The SMILES string of the molecule is CCC[C@H](C[C@@H](O)[C@@H]1[C@H](/C=C(/C)C(=O)OC)[C@H]2C=C[C@@H]1O2)N(C)Cc1ccccc1. The number of aliphatic hydroxyl groups excluding tert-OH is 1. The average molecular weight is 414 g/mol. The Hall–Kier alpha value is -1.95. The second kappa shape index (κ2) is 10.4. The van der Waals surface area contributed by atoms with E-state index in [2.05, 4.69) is 49.2 Å². The average Bonchev–Trinajstić information content (AvgIpc) is 3.35. The Balaban J connectivity index is 1.71. The Labute approximate surface area is 180 Å². The van der Waals surface area contributed by atoms with Gasteiger partial charge in [-0.2, -0.15) is 0 Å². The van der Waals surface area contributed by atoms with Crippen LogP contribution in [0.1, 0.15) is 38.7 Å². The number of ether oxygens (including phenoxy) is 2. The molecule has 3 rings (SSSR count). The van der Waals surface area contributed by atoms with Gasteiger partial charge in [-0.05, 0) is 32.4 Å². The van der Waals surface area contributed by atoms with Crippen LogP contribution in [0.5, 0.6) is 0 Å². The highest BCUT2D eigenvalue weighted by Crippen LogP contribution is 2.43. The molecule has 6 atom stereocenters. The van der Waals surface area contributed by atoms with Crippen molar-refractivity contribution in [2.75, 3.05) is 14.2 Å². The molecular weight excluding hydrogens is 378 g/mol. The molecule has 164 valence electrons. The van der Waals surface area contributed by atoms with Crippen LogP contribution >= 0.6 is 0 Å². The zero-order chi connectivity index (χ0) is 21.7. The third-order valence-corrected chi connectivity index (χ3v) is 6.44. The highest BCUT2D eigenvalue weighted by Gasteiger charge is 2.48. The summed E-state index contributed by atoms with van der Waals surface area (Å²) in [6.45, 7) is 4.80. The number of carbonyl (C=O) groups is 1. The van der Waals surface area contributed by atoms with Gasteiger partial charge in [0, 0.05) is 30.0 Å². The van der Waals surface area contributed by atoms with E-state index in [-0.39, 0.29) is 36.1 Å². The first-order valence-electron chi connectivity index (χ1n) is 11.0. The van der Waals surface area contributed by atoms with Gasteiger partial charge in [-0.3, -0.25) is 4.90 Å². The van der Waals surface area contributed by atoms with Gasteiger partial charge in [0.1, 0.15) is 0 Å². The number of benzene rings is 1. The standard InChI is InChI=1S/C25H35NO4/c1-5-9-19(26(3)16-18-10-7-6-8-11-18)15-21(27)24-20(14-17(2)25(28)29-4)22-12-13-23(24)30-22/h6-8,10-14,19-24,27H,5,9,15-16H2,1-4H3/b17-14-/t19-,20-,21-,22-,23+,24+/m1/s1. The molecule has 0 aromatic heterocycles. The van der Waals surface area contributed by atoms with Gasteiger partial charge in [0.05, 0.1) is 25.4 Å². The summed E-state index contributed by atoms with van der Waals surface area (Å²) < 4.78 is 10.9. The Morgan fingerprint density at radius 2 is 1.97 bits per heavy atom. The summed E-state index contributed by atoms with van der Waals surface area (Å²) in [5.41, 5.74) is 1.84. The first-order valence-corrected chi connectivity index (χ1v) is 11.0. The third-order valence-electron chi connectivity index (χ3n) is 6.44. The predicted octanol–water partition coefficient (Wildman–Crippen LogP) is 3.73. The first kappa shape index (κ1) is 22.7. The molecule has 0 unspecified atom stereocenters. The second-order valence-electron chi connectivity index (χ2n) is 8.59. The topological polar surface area (TPSA) is 59.0 Å². The van der Waals surface area contributed by atoms with Crippen LogP contribution in [0.4, 0.5) is 0 Å². The molecule has 0 saturated carbocycles. The summed E-state index contributed by atoms with van der Waals surface area (Å²) in [4.78, 5) is 14.2. The molecule has 2 aliphatic rings. The van der Waals surface area contributed by atoms with E-state index in [1.54, 1.807) is 6.92 Å². The maximum absolute atomic E-state index is 11.9. The van der Waals surface area contributed by atoms with Crippen molar-refractivity contribution >= 4 is 5.97 Å². The number of rotatable bonds is 10. The number of esters is 1. The molecular formula is C25H35NO4. The van der Waals surface area contributed by atoms with Gasteiger partial charge < -0.3 is 14.6 Å². The summed E-state index contributed by atoms with van der Waals surface area (Å²) in [6.07, 6.45) is 8.11. The summed E-state index contributed by atoms with van der Waals surface area (Å²) >= 11 is 0. The van der Waals surface area contributed by atoms with Crippen molar-refractivity contribution in [1.29, 1.82) is 0 Å². The summed E-state index contributed by atoms with van der Waals surface area (Å²) in [5.74, 6) is -0.402. The van der Waals surface area contributed by atoms with Crippen molar-refractivity contribution in [3.63, 3.8) is 0 Å². The lowest BCUT2D eigenvalue weighted by Gasteiger charge is -2.34. The molecule has 0 spiro atoms. The molecule has 5 heteroatoms. The number of nitrogens with zero attached hydrogens (tertiary/aromatic N) is 1. The maximum Gasteiger partial charge on any atom is 0.333 e. The number of hydrogen-bond donors (Lipinski definition) is 1. The largest absolute Gasteiger partial charge is 0.466 e. The van der Waals surface area contributed by atoms with E-state index in [0.29, 0.717) is 12.0 Å². The zero-order valence-corrected chi connectivity index (χ0v) is 18.5. The van der Waals surface area contributed by atoms with E-state index >= 15 is 0 Å². The fourth-order valence-corrected chi connectivity index (χ4v) is 4.85. The van der Waals surface area contributed by atoms with Gasteiger partial charge in [0.25, 0.3) is 0 Å². The van der Waals surface area contributed by atoms with E-state index in [1.807, 2.05) is 18.2 Å². The fourth-order valence-electron chi connectivity index (χ4n) is 4.85. The van der Waals surface area contributed by atoms with Crippen molar-refractivity contribution < 1.29 is 19.4 Å². The lowest BCUT2D eigenvalue weighted by atomic mass is 9.76. The van der Waals surface area contributed by atoms with Crippen LogP contribution in [0.25, 0.3) is 0 Å². The van der Waals surface area contributed by atoms with Crippen molar-refractivity contribution in [1.82, 2.24) is 4.90 Å². The maximum atomic E-state index is 11.9. The van der Waals surface area contributed by atoms with Crippen molar-refractivity contribution in [2.24, 2.45) is 11.8 Å². The fraction of sp³-hybridized carbons (Fsp3) is 0.560.